The van der Waals surface area contributed by atoms with Gasteiger partial charge in [-0.05, 0) is 161 Å². The molecule has 0 saturated carbocycles. The molecule has 12 nitrogen and oxygen atoms in total. The number of aliphatic hydroxyl groups excluding tert-OH is 1. The van der Waals surface area contributed by atoms with E-state index in [1.807, 2.05) is 60.7 Å². The van der Waals surface area contributed by atoms with Crippen LogP contribution in [0.3, 0.4) is 0 Å². The van der Waals surface area contributed by atoms with Crippen LogP contribution in [0.25, 0.3) is 28.3 Å². The third kappa shape index (κ3) is 16.9. The molecular weight excluding hydrogens is 1060 g/mol. The monoisotopic (exact) mass is 1140 g/mol. The van der Waals surface area contributed by atoms with E-state index in [0.717, 1.165) is 116 Å². The SMILES string of the molecule is C1CCOC1.CO.COC(=O)c1ccc2c(c1)Cc1nc(Cc3ccccc3)nc(/C=C/CCN3CCCCC3)c1-2.COC(=O)c1ccc2c(c1)Cc1nc(Cc3ccccc3)nc(CCCCN3CCCCC3)c1-2.[CH3-].[HH].[Pd]. The average Bonchev–Trinajstić information content (AvgIpc) is 4.31. The summed E-state index contributed by atoms with van der Waals surface area (Å²) in [7, 11) is 3.84. The number of fused-ring (bicyclic) bond motifs is 6. The van der Waals surface area contributed by atoms with Gasteiger partial charge in [0, 0.05) is 85.5 Å². The molecular formula is C64H81N6O6Pd-. The number of aromatic nitrogens is 4. The summed E-state index contributed by atoms with van der Waals surface area (Å²) in [6.07, 6.45) is 22.2. The zero-order chi connectivity index (χ0) is 52.2. The zero-order valence-electron chi connectivity index (χ0n) is 45.9. The Bertz CT molecular complexity index is 2830. The number of aryl methyl sites for hydroxylation is 1. The fourth-order valence-corrected chi connectivity index (χ4v) is 10.8. The van der Waals surface area contributed by atoms with Gasteiger partial charge in [0.05, 0.1) is 48.1 Å². The number of piperidine rings is 2. The van der Waals surface area contributed by atoms with Crippen LogP contribution in [0.1, 0.15) is 149 Å². The molecule has 1 N–H and O–H groups in total. The minimum absolute atomic E-state index is 0. The van der Waals surface area contributed by atoms with Crippen molar-refractivity contribution in [2.75, 3.05) is 73.8 Å². The summed E-state index contributed by atoms with van der Waals surface area (Å²) in [5.74, 6) is 1.11. The first-order valence-corrected chi connectivity index (χ1v) is 27.4. The van der Waals surface area contributed by atoms with Crippen molar-refractivity contribution in [3.63, 3.8) is 0 Å². The summed E-state index contributed by atoms with van der Waals surface area (Å²) >= 11 is 0. The predicted octanol–water partition coefficient (Wildman–Crippen LogP) is 11.6. The number of rotatable bonds is 15. The average molecular weight is 1140 g/mol. The molecule has 0 radical (unpaired) electrons. The first-order valence-electron chi connectivity index (χ1n) is 27.4. The molecule has 414 valence electrons. The number of carbonyl (C=O) groups is 2. The molecule has 2 aliphatic carbocycles. The maximum atomic E-state index is 12.1. The van der Waals surface area contributed by atoms with Crippen LogP contribution in [0.15, 0.2) is 103 Å². The molecule has 0 bridgehead atoms. The van der Waals surface area contributed by atoms with E-state index in [9.17, 15) is 9.59 Å². The number of esters is 2. The van der Waals surface area contributed by atoms with Crippen LogP contribution in [-0.2, 0) is 66.7 Å². The maximum absolute atomic E-state index is 12.1. The summed E-state index contributed by atoms with van der Waals surface area (Å²) < 4.78 is 14.8. The van der Waals surface area contributed by atoms with Gasteiger partial charge in [-0.25, -0.2) is 29.5 Å². The Morgan fingerprint density at radius 3 is 1.61 bits per heavy atom. The molecule has 4 aromatic carbocycles. The third-order valence-electron chi connectivity index (χ3n) is 14.6. The number of ether oxygens (including phenoxy) is 3. The molecule has 0 amide bonds. The van der Waals surface area contributed by atoms with E-state index in [1.165, 1.54) is 127 Å². The topological polar surface area (TPSA) is 140 Å². The molecule has 0 atom stereocenters. The van der Waals surface area contributed by atoms with E-state index in [2.05, 4.69) is 58.4 Å². The van der Waals surface area contributed by atoms with Gasteiger partial charge in [0.1, 0.15) is 11.6 Å². The number of aliphatic hydroxyl groups is 1. The first kappa shape index (κ1) is 60.5. The number of unbranched alkanes of at least 4 members (excludes halogenated alkanes) is 1. The van der Waals surface area contributed by atoms with Gasteiger partial charge in [-0.3, -0.25) is 0 Å². The molecule has 11 rings (SSSR count). The Labute approximate surface area is 473 Å². The van der Waals surface area contributed by atoms with E-state index in [4.69, 9.17) is 39.3 Å². The number of carbonyl (C=O) groups excluding carboxylic acids is 2. The summed E-state index contributed by atoms with van der Waals surface area (Å²) in [6.45, 7) is 9.21. The van der Waals surface area contributed by atoms with E-state index in [-0.39, 0.29) is 41.2 Å². The van der Waals surface area contributed by atoms with E-state index in [0.29, 0.717) is 24.0 Å². The molecule has 5 aliphatic rings. The number of methoxy groups -OCH3 is 2. The van der Waals surface area contributed by atoms with Gasteiger partial charge in [0.25, 0.3) is 0 Å². The first-order chi connectivity index (χ1) is 36.9. The van der Waals surface area contributed by atoms with Crippen molar-refractivity contribution < 1.29 is 50.8 Å². The molecule has 3 fully saturated rings. The molecule has 0 spiro atoms. The Morgan fingerprint density at radius 1 is 0.610 bits per heavy atom. The van der Waals surface area contributed by atoms with Crippen molar-refractivity contribution in [3.8, 4) is 22.3 Å². The summed E-state index contributed by atoms with van der Waals surface area (Å²) in [6, 6.07) is 32.4. The van der Waals surface area contributed by atoms with Crippen molar-refractivity contribution in [3.05, 3.63) is 178 Å². The number of hydrogen-bond donors (Lipinski definition) is 1. The summed E-state index contributed by atoms with van der Waals surface area (Å²) in [5.41, 5.74) is 14.6. The molecule has 13 heteroatoms. The Hall–Kier alpha value is -5.78. The van der Waals surface area contributed by atoms with Crippen LogP contribution < -0.4 is 0 Å². The van der Waals surface area contributed by atoms with E-state index in [1.54, 1.807) is 0 Å². The third-order valence-corrected chi connectivity index (χ3v) is 14.6. The Balaban J connectivity index is 0.000000247. The minimum atomic E-state index is -0.313. The minimum Gasteiger partial charge on any atom is -0.465 e. The Kier molecular flexibility index (Phi) is 24.8. The smallest absolute Gasteiger partial charge is 0.337 e. The van der Waals surface area contributed by atoms with Gasteiger partial charge in [0.2, 0.25) is 0 Å². The van der Waals surface area contributed by atoms with Gasteiger partial charge in [-0.1, -0.05) is 91.7 Å². The van der Waals surface area contributed by atoms with Crippen molar-refractivity contribution in [2.24, 2.45) is 0 Å². The second kappa shape index (κ2) is 31.6. The molecule has 77 heavy (non-hydrogen) atoms. The standard InChI is InChI=1S/C29H33N3O2.C29H31N3O2.C4H8O.CH4O.CH3.Pd.H2/c2*1-34-29(33)22-13-14-24-23(19-22)20-26-28(24)25(12-6-9-17-32-15-7-3-8-16-32)30-27(31-26)18-21-10-4-2-5-11-21;1-2-4-5-3-1;1-2;;;/h2,4-5,10-11,13-14,19H,3,6-9,12,15-18,20H2,1H3;2,4-6,10-14,19H,3,7-9,15-18,20H2,1H3;1-4H2;2H,1H3;1H3;;1H/q;;;;-1;;/b;12-6+;;;;;. The quantitative estimate of drug-likeness (QED) is 0.0452. The molecule has 5 heterocycles. The number of hydrogen-bond acceptors (Lipinski definition) is 12. The normalized spacial score (nSPS) is 15.1. The largest absolute Gasteiger partial charge is 0.465 e. The summed E-state index contributed by atoms with van der Waals surface area (Å²) in [5, 5.41) is 7.00. The Morgan fingerprint density at radius 2 is 1.10 bits per heavy atom. The fourth-order valence-electron chi connectivity index (χ4n) is 10.8. The molecule has 0 unspecified atom stereocenters. The predicted molar refractivity (Wildman–Crippen MR) is 306 cm³/mol. The molecule has 3 aliphatic heterocycles. The van der Waals surface area contributed by atoms with Crippen LogP contribution in [0.5, 0.6) is 0 Å². The van der Waals surface area contributed by atoms with Crippen molar-refractivity contribution in [1.29, 1.82) is 0 Å². The van der Waals surface area contributed by atoms with Gasteiger partial charge in [-0.2, -0.15) is 0 Å². The second-order valence-electron chi connectivity index (χ2n) is 19.9. The number of likely N-dealkylation sites (tertiary alicyclic amines) is 2. The van der Waals surface area contributed by atoms with Crippen molar-refractivity contribution in [2.45, 2.75) is 103 Å². The second-order valence-corrected chi connectivity index (χ2v) is 19.9. The number of nitrogens with zero attached hydrogens (tertiary/aromatic N) is 6. The van der Waals surface area contributed by atoms with Crippen LogP contribution in [0.2, 0.25) is 0 Å². The molecule has 6 aromatic rings. The van der Waals surface area contributed by atoms with Crippen LogP contribution in [-0.4, -0.2) is 121 Å². The van der Waals surface area contributed by atoms with Gasteiger partial charge in [-0.15, -0.1) is 0 Å². The van der Waals surface area contributed by atoms with E-state index >= 15 is 0 Å². The van der Waals surface area contributed by atoms with Crippen LogP contribution in [0, 0.1) is 7.43 Å². The maximum Gasteiger partial charge on any atom is 0.337 e. The molecule has 3 saturated heterocycles. The molecule has 2 aromatic heterocycles. The van der Waals surface area contributed by atoms with E-state index < -0.39 is 0 Å². The van der Waals surface area contributed by atoms with Gasteiger partial charge < -0.3 is 36.5 Å². The van der Waals surface area contributed by atoms with Gasteiger partial charge in [0.15, 0.2) is 0 Å². The van der Waals surface area contributed by atoms with Crippen molar-refractivity contribution in [1.82, 2.24) is 29.7 Å². The zero-order valence-corrected chi connectivity index (χ0v) is 47.4. The fraction of sp³-hybridized carbons (Fsp3) is 0.422. The summed E-state index contributed by atoms with van der Waals surface area (Å²) in [4.78, 5) is 49.3. The van der Waals surface area contributed by atoms with Crippen molar-refractivity contribution >= 4 is 18.0 Å². The van der Waals surface area contributed by atoms with Gasteiger partial charge >= 0.3 is 11.9 Å². The number of benzene rings is 4. The van der Waals surface area contributed by atoms with Crippen LogP contribution in [0.4, 0.5) is 0 Å². The van der Waals surface area contributed by atoms with Crippen LogP contribution >= 0.6 is 0 Å².